The molecule has 2 aliphatic carbocycles. The molecule has 0 saturated heterocycles. The van der Waals surface area contributed by atoms with Crippen LogP contribution >= 0.6 is 0 Å². The Morgan fingerprint density at radius 1 is 1.15 bits per heavy atom. The molecule has 0 bridgehead atoms. The molecule has 26 heavy (non-hydrogen) atoms. The Morgan fingerprint density at radius 2 is 1.85 bits per heavy atom. The van der Waals surface area contributed by atoms with Crippen molar-refractivity contribution in [2.45, 2.75) is 77.2 Å². The number of hydrogen-bond acceptors (Lipinski definition) is 3. The Hall–Kier alpha value is -2.03. The lowest BCUT2D eigenvalue weighted by Crippen LogP contribution is -2.47. The Bertz CT molecular complexity index is 597. The van der Waals surface area contributed by atoms with Gasteiger partial charge in [-0.25, -0.2) is 0 Å². The third-order valence-corrected chi connectivity index (χ3v) is 5.91. The lowest BCUT2D eigenvalue weighted by atomic mass is 9.75. The van der Waals surface area contributed by atoms with Crippen LogP contribution in [-0.2, 0) is 14.4 Å². The van der Waals surface area contributed by atoms with Crippen LogP contribution in [0.1, 0.15) is 71.1 Å². The van der Waals surface area contributed by atoms with Crippen molar-refractivity contribution in [3.05, 3.63) is 0 Å². The van der Waals surface area contributed by atoms with Gasteiger partial charge in [-0.05, 0) is 45.4 Å². The highest BCUT2D eigenvalue weighted by Crippen LogP contribution is 2.44. The molecule has 3 N–H and O–H groups in total. The summed E-state index contributed by atoms with van der Waals surface area (Å²) in [7, 11) is 0. The molecule has 2 aliphatic rings. The van der Waals surface area contributed by atoms with Crippen LogP contribution < -0.4 is 5.32 Å². The van der Waals surface area contributed by atoms with Crippen molar-refractivity contribution in [3.63, 3.8) is 0 Å². The van der Waals surface area contributed by atoms with Gasteiger partial charge in [0, 0.05) is 12.5 Å². The molecule has 0 spiro atoms. The predicted octanol–water partition coefficient (Wildman–Crippen LogP) is 2.81. The molecule has 0 aromatic heterocycles. The highest BCUT2D eigenvalue weighted by atomic mass is 16.4. The number of carboxylic acids is 2. The summed E-state index contributed by atoms with van der Waals surface area (Å²) in [6.45, 7) is 1.68. The van der Waals surface area contributed by atoms with E-state index in [2.05, 4.69) is 17.2 Å². The first-order chi connectivity index (χ1) is 12.4. The topological polar surface area (TPSA) is 104 Å². The Morgan fingerprint density at radius 3 is 2.42 bits per heavy atom. The molecule has 0 heterocycles. The molecular weight excluding hydrogens is 334 g/mol. The van der Waals surface area contributed by atoms with Crippen LogP contribution in [0.25, 0.3) is 0 Å². The molecule has 0 aromatic rings. The number of amides is 1. The number of aliphatic carboxylic acids is 2. The molecule has 0 aliphatic heterocycles. The number of carbonyl (C=O) groups is 3. The van der Waals surface area contributed by atoms with Crippen molar-refractivity contribution in [1.29, 1.82) is 0 Å². The lowest BCUT2D eigenvalue weighted by Gasteiger charge is -2.34. The molecule has 3 atom stereocenters. The van der Waals surface area contributed by atoms with E-state index in [0.717, 1.165) is 25.7 Å². The maximum atomic E-state index is 13.1. The molecule has 6 heteroatoms. The fourth-order valence-electron chi connectivity index (χ4n) is 4.40. The third-order valence-electron chi connectivity index (χ3n) is 5.91. The number of carboxylic acid groups (broad SMARTS) is 2. The summed E-state index contributed by atoms with van der Waals surface area (Å²) in [5, 5.41) is 21.8. The van der Waals surface area contributed by atoms with Crippen LogP contribution in [0.3, 0.4) is 0 Å². The summed E-state index contributed by atoms with van der Waals surface area (Å²) in [5.74, 6) is 2.71. The minimum atomic E-state index is -0.907. The van der Waals surface area contributed by atoms with Crippen LogP contribution in [0.5, 0.6) is 0 Å². The SMILES string of the molecule is CC#CCC(CC1(C(=O)N[C@@H]2CCC[C@H](C(=O)O)C2)CCCC1)C(=O)O. The minimum absolute atomic E-state index is 0.0956. The van der Waals surface area contributed by atoms with Gasteiger partial charge in [0.25, 0.3) is 0 Å². The van der Waals surface area contributed by atoms with E-state index in [9.17, 15) is 24.6 Å². The zero-order chi connectivity index (χ0) is 19.2. The second kappa shape index (κ2) is 9.07. The van der Waals surface area contributed by atoms with E-state index in [0.29, 0.717) is 32.1 Å². The maximum absolute atomic E-state index is 13.1. The Labute approximate surface area is 154 Å². The first-order valence-corrected chi connectivity index (χ1v) is 9.54. The third kappa shape index (κ3) is 5.00. The quantitative estimate of drug-likeness (QED) is 0.604. The monoisotopic (exact) mass is 363 g/mol. The first-order valence-electron chi connectivity index (χ1n) is 9.54. The second-order valence-electron chi connectivity index (χ2n) is 7.73. The van der Waals surface area contributed by atoms with Gasteiger partial charge in [-0.3, -0.25) is 14.4 Å². The van der Waals surface area contributed by atoms with Crippen molar-refractivity contribution in [2.75, 3.05) is 0 Å². The fourth-order valence-corrected chi connectivity index (χ4v) is 4.40. The maximum Gasteiger partial charge on any atom is 0.307 e. The van der Waals surface area contributed by atoms with Crippen LogP contribution in [-0.4, -0.2) is 34.1 Å². The molecule has 144 valence electrons. The zero-order valence-corrected chi connectivity index (χ0v) is 15.4. The summed E-state index contributed by atoms with van der Waals surface area (Å²) in [6.07, 6.45) is 6.47. The van der Waals surface area contributed by atoms with Crippen molar-refractivity contribution in [3.8, 4) is 11.8 Å². The van der Waals surface area contributed by atoms with E-state index in [1.165, 1.54) is 0 Å². The average molecular weight is 363 g/mol. The molecule has 2 rings (SSSR count). The number of hydrogen-bond donors (Lipinski definition) is 3. The minimum Gasteiger partial charge on any atom is -0.481 e. The molecule has 0 aromatic carbocycles. The molecule has 1 amide bonds. The van der Waals surface area contributed by atoms with Crippen molar-refractivity contribution < 1.29 is 24.6 Å². The normalized spacial score (nSPS) is 25.6. The highest BCUT2D eigenvalue weighted by molar-refractivity contribution is 5.84. The van der Waals surface area contributed by atoms with Crippen molar-refractivity contribution in [2.24, 2.45) is 17.3 Å². The largest absolute Gasteiger partial charge is 0.481 e. The number of nitrogens with one attached hydrogen (secondary N) is 1. The second-order valence-corrected chi connectivity index (χ2v) is 7.73. The summed E-state index contributed by atoms with van der Waals surface area (Å²) < 4.78 is 0. The summed E-state index contributed by atoms with van der Waals surface area (Å²) in [6, 6.07) is -0.131. The van der Waals surface area contributed by atoms with Crippen LogP contribution in [0, 0.1) is 29.1 Å². The van der Waals surface area contributed by atoms with E-state index in [1.54, 1.807) is 6.92 Å². The molecular formula is C20H29NO5. The lowest BCUT2D eigenvalue weighted by molar-refractivity contribution is -0.146. The zero-order valence-electron chi connectivity index (χ0n) is 15.4. The van der Waals surface area contributed by atoms with Gasteiger partial charge in [0.15, 0.2) is 0 Å². The fraction of sp³-hybridized carbons (Fsp3) is 0.750. The van der Waals surface area contributed by atoms with Gasteiger partial charge in [-0.1, -0.05) is 19.3 Å². The summed E-state index contributed by atoms with van der Waals surface area (Å²) in [5.41, 5.74) is -0.658. The van der Waals surface area contributed by atoms with Gasteiger partial charge in [0.05, 0.1) is 17.3 Å². The standard InChI is InChI=1S/C20H29NO5/c1-2-3-7-15(18(24)25)13-20(10-4-5-11-20)19(26)21-16-9-6-8-14(12-16)17(22)23/h14-16H,4-13H2,1H3,(H,21,26)(H,22,23)(H,24,25)/t14-,15?,16+/m0/s1. The molecule has 2 saturated carbocycles. The number of carbonyl (C=O) groups excluding carboxylic acids is 1. The van der Waals surface area contributed by atoms with E-state index in [1.807, 2.05) is 0 Å². The Balaban J connectivity index is 2.06. The van der Waals surface area contributed by atoms with Crippen molar-refractivity contribution >= 4 is 17.8 Å². The smallest absolute Gasteiger partial charge is 0.307 e. The van der Waals surface area contributed by atoms with E-state index >= 15 is 0 Å². The van der Waals surface area contributed by atoms with Gasteiger partial charge in [-0.2, -0.15) is 0 Å². The van der Waals surface area contributed by atoms with Gasteiger partial charge in [0.2, 0.25) is 5.91 Å². The van der Waals surface area contributed by atoms with Gasteiger partial charge in [-0.15, -0.1) is 11.8 Å². The van der Waals surface area contributed by atoms with Gasteiger partial charge in [0.1, 0.15) is 0 Å². The van der Waals surface area contributed by atoms with Crippen LogP contribution in [0.2, 0.25) is 0 Å². The van der Waals surface area contributed by atoms with Crippen molar-refractivity contribution in [1.82, 2.24) is 5.32 Å². The van der Waals surface area contributed by atoms with Gasteiger partial charge >= 0.3 is 11.9 Å². The average Bonchev–Trinajstić information content (AvgIpc) is 3.08. The summed E-state index contributed by atoms with van der Waals surface area (Å²) in [4.78, 5) is 35.9. The van der Waals surface area contributed by atoms with E-state index in [-0.39, 0.29) is 18.4 Å². The van der Waals surface area contributed by atoms with Crippen LogP contribution in [0.4, 0.5) is 0 Å². The van der Waals surface area contributed by atoms with E-state index in [4.69, 9.17) is 0 Å². The van der Waals surface area contributed by atoms with E-state index < -0.39 is 29.2 Å². The molecule has 2 fully saturated rings. The molecule has 0 radical (unpaired) electrons. The number of rotatable bonds is 7. The molecule has 6 nitrogen and oxygen atoms in total. The van der Waals surface area contributed by atoms with Gasteiger partial charge < -0.3 is 15.5 Å². The highest BCUT2D eigenvalue weighted by Gasteiger charge is 2.44. The van der Waals surface area contributed by atoms with Crippen LogP contribution in [0.15, 0.2) is 0 Å². The summed E-state index contributed by atoms with van der Waals surface area (Å²) >= 11 is 0. The Kier molecular flexibility index (Phi) is 7.07. The predicted molar refractivity (Wildman–Crippen MR) is 96.2 cm³/mol. The molecule has 1 unspecified atom stereocenters. The first kappa shape index (κ1) is 20.3.